The lowest BCUT2D eigenvalue weighted by molar-refractivity contribution is 0.100. The van der Waals surface area contributed by atoms with E-state index in [0.717, 1.165) is 18.4 Å². The molecule has 0 bridgehead atoms. The molecule has 0 radical (unpaired) electrons. The maximum absolute atomic E-state index is 11.1. The van der Waals surface area contributed by atoms with Crippen molar-refractivity contribution in [2.75, 3.05) is 0 Å². The Morgan fingerprint density at radius 2 is 2.21 bits per heavy atom. The molecule has 1 amide bonds. The molecule has 2 unspecified atom stereocenters. The van der Waals surface area contributed by atoms with Crippen LogP contribution in [0.25, 0.3) is 0 Å². The molecule has 2 atom stereocenters. The van der Waals surface area contributed by atoms with Crippen LogP contribution in [0.15, 0.2) is 11.4 Å². The Morgan fingerprint density at radius 3 is 2.84 bits per heavy atom. The highest BCUT2D eigenvalue weighted by Crippen LogP contribution is 2.30. The molecule has 19 heavy (non-hydrogen) atoms. The van der Waals surface area contributed by atoms with Crippen molar-refractivity contribution in [2.45, 2.75) is 52.1 Å². The zero-order chi connectivity index (χ0) is 13.8. The first-order chi connectivity index (χ1) is 9.08. The summed E-state index contributed by atoms with van der Waals surface area (Å²) in [4.78, 5) is 12.3. The Hall–Kier alpha value is -0.870. The van der Waals surface area contributed by atoms with Crippen LogP contribution in [-0.4, -0.2) is 11.9 Å². The van der Waals surface area contributed by atoms with Gasteiger partial charge in [0, 0.05) is 22.8 Å². The smallest absolute Gasteiger partial charge is 0.249 e. The van der Waals surface area contributed by atoms with Gasteiger partial charge >= 0.3 is 0 Å². The summed E-state index contributed by atoms with van der Waals surface area (Å²) in [5.41, 5.74) is 5.91. The number of carbonyl (C=O) groups is 1. The summed E-state index contributed by atoms with van der Waals surface area (Å²) in [6, 6.07) is 2.53. The van der Waals surface area contributed by atoms with Gasteiger partial charge in [-0.25, -0.2) is 0 Å². The van der Waals surface area contributed by atoms with Gasteiger partial charge in [0.15, 0.2) is 0 Å². The van der Waals surface area contributed by atoms with Crippen molar-refractivity contribution >= 4 is 17.2 Å². The van der Waals surface area contributed by atoms with Crippen LogP contribution in [0.2, 0.25) is 0 Å². The lowest BCUT2D eigenvalue weighted by Gasteiger charge is -2.35. The van der Waals surface area contributed by atoms with Crippen molar-refractivity contribution < 1.29 is 4.79 Å². The molecule has 1 aromatic heterocycles. The molecule has 0 aliphatic heterocycles. The third-order valence-electron chi connectivity index (χ3n) is 4.15. The van der Waals surface area contributed by atoms with Gasteiger partial charge < -0.3 is 11.1 Å². The van der Waals surface area contributed by atoms with Crippen LogP contribution in [0.4, 0.5) is 0 Å². The van der Waals surface area contributed by atoms with E-state index < -0.39 is 0 Å². The van der Waals surface area contributed by atoms with E-state index in [4.69, 9.17) is 5.73 Å². The zero-order valence-corrected chi connectivity index (χ0v) is 12.6. The highest BCUT2D eigenvalue weighted by atomic mass is 32.1. The van der Waals surface area contributed by atoms with Crippen molar-refractivity contribution in [1.82, 2.24) is 5.32 Å². The van der Waals surface area contributed by atoms with Gasteiger partial charge in [-0.05, 0) is 30.7 Å². The van der Waals surface area contributed by atoms with Gasteiger partial charge in [0.2, 0.25) is 5.91 Å². The van der Waals surface area contributed by atoms with E-state index in [0.29, 0.717) is 11.6 Å². The minimum Gasteiger partial charge on any atom is -0.366 e. The highest BCUT2D eigenvalue weighted by molar-refractivity contribution is 7.10. The van der Waals surface area contributed by atoms with E-state index >= 15 is 0 Å². The van der Waals surface area contributed by atoms with Crippen molar-refractivity contribution in [1.29, 1.82) is 0 Å². The van der Waals surface area contributed by atoms with Gasteiger partial charge in [-0.1, -0.05) is 26.7 Å². The molecule has 1 heterocycles. The minimum absolute atomic E-state index is 0.333. The first-order valence-electron chi connectivity index (χ1n) is 7.18. The minimum atomic E-state index is -0.333. The number of thiophene rings is 1. The van der Waals surface area contributed by atoms with Crippen molar-refractivity contribution in [3.8, 4) is 0 Å². The summed E-state index contributed by atoms with van der Waals surface area (Å²) >= 11 is 1.61. The molecule has 0 saturated heterocycles. The van der Waals surface area contributed by atoms with Gasteiger partial charge in [-0.3, -0.25) is 4.79 Å². The Bertz CT molecular complexity index is 428. The number of carbonyl (C=O) groups excluding carboxylic acids is 1. The van der Waals surface area contributed by atoms with Gasteiger partial charge in [0.05, 0.1) is 5.56 Å². The van der Waals surface area contributed by atoms with E-state index in [1.54, 1.807) is 11.3 Å². The summed E-state index contributed by atoms with van der Waals surface area (Å²) < 4.78 is 0. The average molecular weight is 280 g/mol. The van der Waals surface area contributed by atoms with Crippen LogP contribution in [0, 0.1) is 11.8 Å². The molecule has 3 N–H and O–H groups in total. The van der Waals surface area contributed by atoms with Crippen LogP contribution in [0.3, 0.4) is 0 Å². The summed E-state index contributed by atoms with van der Waals surface area (Å²) in [6.45, 7) is 5.49. The third-order valence-corrected chi connectivity index (χ3v) is 5.09. The number of nitrogens with one attached hydrogen (secondary N) is 1. The van der Waals surface area contributed by atoms with Crippen LogP contribution in [0.5, 0.6) is 0 Å². The molecule has 1 aliphatic rings. The quantitative estimate of drug-likeness (QED) is 0.870. The van der Waals surface area contributed by atoms with Crippen LogP contribution < -0.4 is 11.1 Å². The number of hydrogen-bond donors (Lipinski definition) is 2. The van der Waals surface area contributed by atoms with Crippen molar-refractivity contribution in [3.63, 3.8) is 0 Å². The van der Waals surface area contributed by atoms with Crippen LogP contribution in [-0.2, 0) is 6.54 Å². The van der Waals surface area contributed by atoms with Gasteiger partial charge in [-0.2, -0.15) is 0 Å². The Balaban J connectivity index is 1.90. The van der Waals surface area contributed by atoms with Gasteiger partial charge in [0.1, 0.15) is 0 Å². The predicted molar refractivity (Wildman–Crippen MR) is 80.3 cm³/mol. The van der Waals surface area contributed by atoms with Crippen LogP contribution in [0.1, 0.15) is 54.8 Å². The molecular formula is C15H24N2OS. The molecule has 0 aromatic carbocycles. The maximum Gasteiger partial charge on any atom is 0.249 e. The molecule has 1 saturated carbocycles. The lowest BCUT2D eigenvalue weighted by Crippen LogP contribution is -2.40. The second-order valence-electron chi connectivity index (χ2n) is 5.85. The SMILES string of the molecule is CC(C)C1CCCCC1NCc1cc(C(N)=O)cs1. The lowest BCUT2D eigenvalue weighted by atomic mass is 9.78. The van der Waals surface area contributed by atoms with E-state index in [-0.39, 0.29) is 5.91 Å². The summed E-state index contributed by atoms with van der Waals surface area (Å²) in [5, 5.41) is 5.53. The average Bonchev–Trinajstić information content (AvgIpc) is 2.85. The first kappa shape index (κ1) is 14.5. The predicted octanol–water partition coefficient (Wildman–Crippen LogP) is 3.15. The summed E-state index contributed by atoms with van der Waals surface area (Å²) in [6.07, 6.45) is 5.31. The topological polar surface area (TPSA) is 55.1 Å². The second kappa shape index (κ2) is 6.53. The summed E-state index contributed by atoms with van der Waals surface area (Å²) in [5.74, 6) is 1.19. The first-order valence-corrected chi connectivity index (χ1v) is 8.06. The number of primary amides is 1. The van der Waals surface area contributed by atoms with Gasteiger partial charge in [0.25, 0.3) is 0 Å². The molecule has 1 aromatic rings. The molecule has 1 fully saturated rings. The maximum atomic E-state index is 11.1. The van der Waals surface area contributed by atoms with E-state index in [2.05, 4.69) is 19.2 Å². The molecule has 4 heteroatoms. The second-order valence-corrected chi connectivity index (χ2v) is 6.84. The Morgan fingerprint density at radius 1 is 1.47 bits per heavy atom. The molecule has 3 nitrogen and oxygen atoms in total. The van der Waals surface area contributed by atoms with Crippen molar-refractivity contribution in [2.24, 2.45) is 17.6 Å². The van der Waals surface area contributed by atoms with E-state index in [1.165, 1.54) is 30.6 Å². The molecule has 2 rings (SSSR count). The number of hydrogen-bond acceptors (Lipinski definition) is 3. The fourth-order valence-corrected chi connectivity index (χ4v) is 3.87. The van der Waals surface area contributed by atoms with Crippen molar-refractivity contribution in [3.05, 3.63) is 21.9 Å². The van der Waals surface area contributed by atoms with Gasteiger partial charge in [-0.15, -0.1) is 11.3 Å². The normalized spacial score (nSPS) is 23.7. The van der Waals surface area contributed by atoms with Crippen LogP contribution >= 0.6 is 11.3 Å². The molecule has 1 aliphatic carbocycles. The van der Waals surface area contributed by atoms with E-state index in [9.17, 15) is 4.79 Å². The Labute approximate surface area is 119 Å². The standard InChI is InChI=1S/C15H24N2OS/c1-10(2)13-5-3-4-6-14(13)17-8-12-7-11(9-19-12)15(16)18/h7,9-10,13-14,17H,3-6,8H2,1-2H3,(H2,16,18). The fraction of sp³-hybridized carbons (Fsp3) is 0.667. The molecular weight excluding hydrogens is 256 g/mol. The molecule has 106 valence electrons. The summed E-state index contributed by atoms with van der Waals surface area (Å²) in [7, 11) is 0. The molecule has 0 spiro atoms. The number of amides is 1. The number of nitrogens with two attached hydrogens (primary N) is 1. The monoisotopic (exact) mass is 280 g/mol. The Kier molecular flexibility index (Phi) is 4.99. The largest absolute Gasteiger partial charge is 0.366 e. The third kappa shape index (κ3) is 3.80. The van der Waals surface area contributed by atoms with E-state index in [1.807, 2.05) is 11.4 Å². The highest BCUT2D eigenvalue weighted by Gasteiger charge is 2.26. The zero-order valence-electron chi connectivity index (χ0n) is 11.8. The fourth-order valence-electron chi connectivity index (χ4n) is 3.05. The number of rotatable bonds is 5.